The van der Waals surface area contributed by atoms with Crippen molar-refractivity contribution in [3.63, 3.8) is 0 Å². The molecule has 0 saturated heterocycles. The Morgan fingerprint density at radius 3 is 2.95 bits per heavy atom. The lowest BCUT2D eigenvalue weighted by Crippen LogP contribution is -2.30. The number of fused-ring (bicyclic) bond motifs is 1. The third kappa shape index (κ3) is 3.68. The van der Waals surface area contributed by atoms with Crippen LogP contribution in [0.1, 0.15) is 12.0 Å². The number of aliphatic carboxylic acids is 1. The van der Waals surface area contributed by atoms with E-state index >= 15 is 0 Å². The Morgan fingerprint density at radius 2 is 2.16 bits per heavy atom. The minimum Gasteiger partial charge on any atom is -0.480 e. The maximum Gasteiger partial charge on any atom is 0.320 e. The van der Waals surface area contributed by atoms with Crippen molar-refractivity contribution in [2.24, 2.45) is 5.73 Å². The first-order chi connectivity index (χ1) is 9.18. The summed E-state index contributed by atoms with van der Waals surface area (Å²) in [6.07, 6.45) is 2.27. The number of hydrogen-bond donors (Lipinski definition) is 2. The standard InChI is InChI=1S/C14H16N2O2S/c15-12(14(17)18)6-8-19-9-11-4-1-3-10-5-2-7-16-13(10)11/h1-5,7,12H,6,8-9,15H2,(H,17,18). The molecule has 0 aliphatic rings. The second-order valence-corrected chi connectivity index (χ2v) is 5.38. The van der Waals surface area contributed by atoms with E-state index in [0.717, 1.165) is 22.4 Å². The summed E-state index contributed by atoms with van der Waals surface area (Å²) >= 11 is 1.68. The lowest BCUT2D eigenvalue weighted by Gasteiger charge is -2.07. The second kappa shape index (κ2) is 6.54. The van der Waals surface area contributed by atoms with Crippen LogP contribution in [0.25, 0.3) is 10.9 Å². The van der Waals surface area contributed by atoms with Gasteiger partial charge in [-0.3, -0.25) is 9.78 Å². The van der Waals surface area contributed by atoms with Crippen molar-refractivity contribution in [1.82, 2.24) is 4.98 Å². The summed E-state index contributed by atoms with van der Waals surface area (Å²) in [4.78, 5) is 15.0. The number of carboxylic acids is 1. The third-order valence-corrected chi connectivity index (χ3v) is 3.90. The Morgan fingerprint density at radius 1 is 1.37 bits per heavy atom. The van der Waals surface area contributed by atoms with Crippen molar-refractivity contribution in [2.45, 2.75) is 18.2 Å². The molecule has 0 saturated carbocycles. The van der Waals surface area contributed by atoms with Gasteiger partial charge in [-0.15, -0.1) is 0 Å². The fourth-order valence-electron chi connectivity index (χ4n) is 1.80. The molecule has 1 heterocycles. The summed E-state index contributed by atoms with van der Waals surface area (Å²) in [5, 5.41) is 9.82. The zero-order valence-electron chi connectivity index (χ0n) is 10.5. The van der Waals surface area contributed by atoms with Crippen molar-refractivity contribution >= 4 is 28.6 Å². The summed E-state index contributed by atoms with van der Waals surface area (Å²) in [5.41, 5.74) is 7.65. The molecule has 1 aromatic heterocycles. The molecule has 1 unspecified atom stereocenters. The first kappa shape index (κ1) is 13.8. The van der Waals surface area contributed by atoms with Crippen LogP contribution in [0.4, 0.5) is 0 Å². The van der Waals surface area contributed by atoms with E-state index in [1.165, 1.54) is 5.56 Å². The van der Waals surface area contributed by atoms with Gasteiger partial charge < -0.3 is 10.8 Å². The first-order valence-electron chi connectivity index (χ1n) is 6.07. The van der Waals surface area contributed by atoms with Crippen LogP contribution in [0.5, 0.6) is 0 Å². The van der Waals surface area contributed by atoms with E-state index in [-0.39, 0.29) is 0 Å². The quantitative estimate of drug-likeness (QED) is 0.791. The number of rotatable bonds is 6. The summed E-state index contributed by atoms with van der Waals surface area (Å²) < 4.78 is 0. The number of hydrogen-bond acceptors (Lipinski definition) is 4. The fourth-order valence-corrected chi connectivity index (χ4v) is 2.82. The zero-order chi connectivity index (χ0) is 13.7. The molecule has 0 radical (unpaired) electrons. The number of benzene rings is 1. The molecule has 0 fully saturated rings. The average Bonchev–Trinajstić information content (AvgIpc) is 2.43. The van der Waals surface area contributed by atoms with Gasteiger partial charge in [-0.1, -0.05) is 24.3 Å². The van der Waals surface area contributed by atoms with Gasteiger partial charge in [0.25, 0.3) is 0 Å². The van der Waals surface area contributed by atoms with Gasteiger partial charge in [0.1, 0.15) is 6.04 Å². The maximum absolute atomic E-state index is 10.6. The van der Waals surface area contributed by atoms with E-state index in [1.54, 1.807) is 18.0 Å². The van der Waals surface area contributed by atoms with Gasteiger partial charge in [0, 0.05) is 17.3 Å². The van der Waals surface area contributed by atoms with Crippen molar-refractivity contribution in [3.8, 4) is 0 Å². The smallest absolute Gasteiger partial charge is 0.320 e. The number of carboxylic acid groups (broad SMARTS) is 1. The highest BCUT2D eigenvalue weighted by Gasteiger charge is 2.10. The van der Waals surface area contributed by atoms with Gasteiger partial charge in [0.05, 0.1) is 5.52 Å². The van der Waals surface area contributed by atoms with E-state index in [0.29, 0.717) is 6.42 Å². The predicted molar refractivity (Wildman–Crippen MR) is 78.1 cm³/mol. The number of carbonyl (C=O) groups is 1. The third-order valence-electron chi connectivity index (χ3n) is 2.86. The molecule has 100 valence electrons. The number of nitrogens with zero attached hydrogens (tertiary/aromatic N) is 1. The number of aromatic nitrogens is 1. The highest BCUT2D eigenvalue weighted by Crippen LogP contribution is 2.21. The SMILES string of the molecule is NC(CCSCc1cccc2cccnc12)C(=O)O. The molecule has 4 nitrogen and oxygen atoms in total. The summed E-state index contributed by atoms with van der Waals surface area (Å²) in [6, 6.07) is 9.30. The minimum atomic E-state index is -0.938. The van der Waals surface area contributed by atoms with Gasteiger partial charge in [-0.25, -0.2) is 0 Å². The van der Waals surface area contributed by atoms with Gasteiger partial charge in [-0.05, 0) is 23.8 Å². The summed E-state index contributed by atoms with van der Waals surface area (Å²) in [5.74, 6) is 0.615. The van der Waals surface area contributed by atoms with Crippen LogP contribution < -0.4 is 5.73 Å². The van der Waals surface area contributed by atoms with Crippen molar-refractivity contribution in [2.75, 3.05) is 5.75 Å². The van der Waals surface area contributed by atoms with Crippen LogP contribution >= 0.6 is 11.8 Å². The topological polar surface area (TPSA) is 76.2 Å². The van der Waals surface area contributed by atoms with Crippen LogP contribution in [0.2, 0.25) is 0 Å². The van der Waals surface area contributed by atoms with E-state index in [2.05, 4.69) is 11.1 Å². The van der Waals surface area contributed by atoms with Crippen molar-refractivity contribution in [3.05, 3.63) is 42.1 Å². The number of nitrogens with two attached hydrogens (primary N) is 1. The molecular weight excluding hydrogens is 260 g/mol. The van der Waals surface area contributed by atoms with E-state index in [9.17, 15) is 4.79 Å². The predicted octanol–water partition coefficient (Wildman–Crippen LogP) is 2.27. The lowest BCUT2D eigenvalue weighted by atomic mass is 10.1. The second-order valence-electron chi connectivity index (χ2n) is 4.28. The number of para-hydroxylation sites is 1. The Bertz CT molecular complexity index is 569. The average molecular weight is 276 g/mol. The Labute approximate surface area is 116 Å². The Balaban J connectivity index is 1.93. The number of thioether (sulfide) groups is 1. The highest BCUT2D eigenvalue weighted by atomic mass is 32.2. The molecular formula is C14H16N2O2S. The molecule has 2 rings (SSSR count). The summed E-state index contributed by atoms with van der Waals surface area (Å²) in [6.45, 7) is 0. The minimum absolute atomic E-state index is 0.484. The van der Waals surface area contributed by atoms with Gasteiger partial charge in [0.2, 0.25) is 0 Å². The molecule has 1 atom stereocenters. The molecule has 1 aromatic carbocycles. The number of pyridine rings is 1. The Kier molecular flexibility index (Phi) is 4.76. The maximum atomic E-state index is 10.6. The zero-order valence-corrected chi connectivity index (χ0v) is 11.3. The van der Waals surface area contributed by atoms with Crippen LogP contribution in [0.15, 0.2) is 36.5 Å². The van der Waals surface area contributed by atoms with E-state index in [1.807, 2.05) is 24.3 Å². The first-order valence-corrected chi connectivity index (χ1v) is 7.22. The van der Waals surface area contributed by atoms with E-state index < -0.39 is 12.0 Å². The monoisotopic (exact) mass is 276 g/mol. The van der Waals surface area contributed by atoms with Crippen LogP contribution in [0, 0.1) is 0 Å². The normalized spacial score (nSPS) is 12.5. The van der Waals surface area contributed by atoms with Crippen molar-refractivity contribution < 1.29 is 9.90 Å². The molecule has 3 N–H and O–H groups in total. The van der Waals surface area contributed by atoms with Crippen molar-refractivity contribution in [1.29, 1.82) is 0 Å². The molecule has 5 heteroatoms. The molecule has 0 amide bonds. The molecule has 19 heavy (non-hydrogen) atoms. The van der Waals surface area contributed by atoms with Gasteiger partial charge >= 0.3 is 5.97 Å². The molecule has 0 bridgehead atoms. The molecule has 2 aromatic rings. The summed E-state index contributed by atoms with van der Waals surface area (Å²) in [7, 11) is 0. The van der Waals surface area contributed by atoms with Crippen LogP contribution in [0.3, 0.4) is 0 Å². The lowest BCUT2D eigenvalue weighted by molar-refractivity contribution is -0.138. The molecule has 0 spiro atoms. The fraction of sp³-hybridized carbons (Fsp3) is 0.286. The largest absolute Gasteiger partial charge is 0.480 e. The van der Waals surface area contributed by atoms with Crippen LogP contribution in [-0.2, 0) is 10.5 Å². The Hall–Kier alpha value is -1.59. The van der Waals surface area contributed by atoms with Gasteiger partial charge in [-0.2, -0.15) is 11.8 Å². The highest BCUT2D eigenvalue weighted by molar-refractivity contribution is 7.98. The van der Waals surface area contributed by atoms with Gasteiger partial charge in [0.15, 0.2) is 0 Å². The van der Waals surface area contributed by atoms with Crippen LogP contribution in [-0.4, -0.2) is 27.9 Å². The molecule has 0 aliphatic heterocycles. The molecule has 0 aliphatic carbocycles. The van der Waals surface area contributed by atoms with E-state index in [4.69, 9.17) is 10.8 Å².